The molecule has 2 aliphatic carbocycles. The zero-order valence-corrected chi connectivity index (χ0v) is 22.7. The number of carbonyl (C=O) groups excluding carboxylic acids is 2. The van der Waals surface area contributed by atoms with Crippen molar-refractivity contribution in [2.24, 2.45) is 11.8 Å². The lowest BCUT2D eigenvalue weighted by Gasteiger charge is -2.40. The highest BCUT2D eigenvalue weighted by atomic mass is 19.3. The number of likely N-dealkylation sites (tertiary alicyclic amines) is 1. The summed E-state index contributed by atoms with van der Waals surface area (Å²) in [6.45, 7) is 5.21. The fourth-order valence-electron chi connectivity index (χ4n) is 5.95. The first kappa shape index (κ1) is 27.2. The lowest BCUT2D eigenvalue weighted by Crippen LogP contribution is -2.55. The van der Waals surface area contributed by atoms with E-state index in [2.05, 4.69) is 35.5 Å². The lowest BCUT2D eigenvalue weighted by atomic mass is 9.89. The van der Waals surface area contributed by atoms with Gasteiger partial charge in [-0.1, -0.05) is 13.8 Å². The Morgan fingerprint density at radius 3 is 2.66 bits per heavy atom. The van der Waals surface area contributed by atoms with Gasteiger partial charge in [0.15, 0.2) is 5.69 Å². The number of nitrogens with one attached hydrogen (secondary N) is 2. The van der Waals surface area contributed by atoms with Crippen LogP contribution in [0.2, 0.25) is 0 Å². The van der Waals surface area contributed by atoms with Gasteiger partial charge in [-0.25, -0.2) is 13.8 Å². The Balaban J connectivity index is 1.34. The van der Waals surface area contributed by atoms with Gasteiger partial charge < -0.3 is 25.2 Å². The molecule has 1 aromatic heterocycles. The minimum atomic E-state index is -2.82. The van der Waals surface area contributed by atoms with E-state index in [0.29, 0.717) is 37.7 Å². The number of nitrogens with zero attached hydrogens (tertiary/aromatic N) is 3. The first-order chi connectivity index (χ1) is 18.1. The van der Waals surface area contributed by atoms with Gasteiger partial charge in [-0.3, -0.25) is 9.59 Å². The molecular formula is C28H41F2N5O3. The molecule has 2 saturated heterocycles. The second kappa shape index (κ2) is 11.0. The van der Waals surface area contributed by atoms with Crippen molar-refractivity contribution in [1.29, 1.82) is 0 Å². The molecule has 2 saturated carbocycles. The molecule has 5 rings (SSSR count). The number of carbonyl (C=O) groups is 2. The number of methoxy groups -OCH3 is 1. The highest BCUT2D eigenvalue weighted by Gasteiger charge is 2.43. The summed E-state index contributed by atoms with van der Waals surface area (Å²) in [7, 11) is 1.72. The molecule has 1 aromatic rings. The van der Waals surface area contributed by atoms with Crippen molar-refractivity contribution in [1.82, 2.24) is 20.1 Å². The summed E-state index contributed by atoms with van der Waals surface area (Å²) in [5, 5.41) is 6.86. The number of halogens is 2. The average Bonchev–Trinajstić information content (AvgIpc) is 3.65. The van der Waals surface area contributed by atoms with E-state index < -0.39 is 18.4 Å². The van der Waals surface area contributed by atoms with Gasteiger partial charge in [0.2, 0.25) is 5.91 Å². The van der Waals surface area contributed by atoms with Crippen molar-refractivity contribution in [3.05, 3.63) is 23.5 Å². The van der Waals surface area contributed by atoms with Crippen molar-refractivity contribution in [2.45, 2.75) is 82.4 Å². The van der Waals surface area contributed by atoms with E-state index in [9.17, 15) is 18.4 Å². The summed E-state index contributed by atoms with van der Waals surface area (Å²) in [5.41, 5.74) is 2.33. The largest absolute Gasteiger partial charge is 0.381 e. The monoisotopic (exact) mass is 533 g/mol. The first-order valence-corrected chi connectivity index (χ1v) is 14.1. The molecule has 2 aliphatic heterocycles. The second-order valence-corrected chi connectivity index (χ2v) is 12.1. The van der Waals surface area contributed by atoms with Crippen molar-refractivity contribution in [3.8, 4) is 0 Å². The van der Waals surface area contributed by atoms with E-state index in [1.807, 2.05) is 11.1 Å². The number of pyridine rings is 1. The molecule has 38 heavy (non-hydrogen) atoms. The van der Waals surface area contributed by atoms with Crippen LogP contribution in [0.5, 0.6) is 0 Å². The summed E-state index contributed by atoms with van der Waals surface area (Å²) in [4.78, 5) is 35.0. The maximum Gasteiger partial charge on any atom is 0.274 e. The van der Waals surface area contributed by atoms with Gasteiger partial charge in [0.1, 0.15) is 0 Å². The molecule has 2 amide bonds. The summed E-state index contributed by atoms with van der Waals surface area (Å²) >= 11 is 0. The van der Waals surface area contributed by atoms with E-state index in [-0.39, 0.29) is 48.9 Å². The number of rotatable bonds is 9. The molecule has 2 unspecified atom stereocenters. The van der Waals surface area contributed by atoms with Crippen molar-refractivity contribution < 1.29 is 23.1 Å². The topological polar surface area (TPSA) is 86.8 Å². The van der Waals surface area contributed by atoms with Gasteiger partial charge >= 0.3 is 0 Å². The van der Waals surface area contributed by atoms with Crippen LogP contribution in [0.15, 0.2) is 12.3 Å². The highest BCUT2D eigenvalue weighted by Crippen LogP contribution is 2.41. The molecule has 0 radical (unpaired) electrons. The standard InChI is InChI=1S/C28H41F2N5O3/c1-17(2)15-35(22-8-20(12-31-14-22)26(36)34-7-6-28(29,30)16-34)27(37)25-24(33-21-10-23(11-21)38-3)9-19(13-32-25)18-4-5-18/h9,13,17-18,20-23,31,33H,4-8,10-12,14-16H2,1-3H3. The summed E-state index contributed by atoms with van der Waals surface area (Å²) < 4.78 is 33.0. The Kier molecular flexibility index (Phi) is 7.91. The summed E-state index contributed by atoms with van der Waals surface area (Å²) in [5.74, 6) is -2.93. The van der Waals surface area contributed by atoms with E-state index in [1.54, 1.807) is 7.11 Å². The number of anilines is 1. The van der Waals surface area contributed by atoms with Gasteiger partial charge in [0.25, 0.3) is 11.8 Å². The van der Waals surface area contributed by atoms with Gasteiger partial charge in [-0.05, 0) is 55.6 Å². The molecule has 0 aromatic carbocycles. The van der Waals surface area contributed by atoms with E-state index in [4.69, 9.17) is 4.74 Å². The molecule has 0 spiro atoms. The Bertz CT molecular complexity index is 1030. The zero-order valence-electron chi connectivity index (χ0n) is 22.7. The molecule has 210 valence electrons. The Morgan fingerprint density at radius 2 is 2.03 bits per heavy atom. The van der Waals surface area contributed by atoms with Crippen molar-refractivity contribution >= 4 is 17.5 Å². The van der Waals surface area contributed by atoms with E-state index in [1.165, 1.54) is 4.90 Å². The summed E-state index contributed by atoms with van der Waals surface area (Å²) in [6.07, 6.45) is 6.31. The van der Waals surface area contributed by atoms with Gasteiger partial charge in [-0.15, -0.1) is 0 Å². The SMILES string of the molecule is COC1CC(Nc2cc(C3CC3)cnc2C(=O)N(CC(C)C)C2CNCC(C(=O)N3CCC(F)(F)C3)C2)C1. The second-order valence-electron chi connectivity index (χ2n) is 12.1. The Hall–Kier alpha value is -2.33. The number of ether oxygens (including phenoxy) is 1. The maximum absolute atomic E-state index is 14.1. The summed E-state index contributed by atoms with van der Waals surface area (Å²) in [6, 6.07) is 2.10. The number of hydrogen-bond donors (Lipinski definition) is 2. The number of aromatic nitrogens is 1. The first-order valence-electron chi connectivity index (χ1n) is 14.1. The average molecular weight is 534 g/mol. The van der Waals surface area contributed by atoms with Crippen LogP contribution in [0.25, 0.3) is 0 Å². The minimum absolute atomic E-state index is 0.0824. The number of alkyl halides is 2. The van der Waals surface area contributed by atoms with Crippen LogP contribution in [0.3, 0.4) is 0 Å². The molecule has 3 heterocycles. The van der Waals surface area contributed by atoms with Crippen LogP contribution in [0.4, 0.5) is 14.5 Å². The molecule has 0 bridgehead atoms. The predicted molar refractivity (Wildman–Crippen MR) is 140 cm³/mol. The Labute approximate surface area is 223 Å². The van der Waals surface area contributed by atoms with Crippen molar-refractivity contribution in [3.63, 3.8) is 0 Å². The number of amides is 2. The molecule has 2 N–H and O–H groups in total. The van der Waals surface area contributed by atoms with Crippen LogP contribution in [0, 0.1) is 11.8 Å². The van der Waals surface area contributed by atoms with E-state index in [0.717, 1.165) is 36.9 Å². The fourth-order valence-corrected chi connectivity index (χ4v) is 5.95. The van der Waals surface area contributed by atoms with Gasteiger partial charge in [0, 0.05) is 58.0 Å². The van der Waals surface area contributed by atoms with Crippen LogP contribution < -0.4 is 10.6 Å². The third kappa shape index (κ3) is 6.11. The smallest absolute Gasteiger partial charge is 0.274 e. The zero-order chi connectivity index (χ0) is 27.0. The van der Waals surface area contributed by atoms with Crippen LogP contribution >= 0.6 is 0 Å². The van der Waals surface area contributed by atoms with Crippen LogP contribution in [0.1, 0.15) is 74.3 Å². The Morgan fingerprint density at radius 1 is 1.26 bits per heavy atom. The normalized spacial score (nSPS) is 28.7. The lowest BCUT2D eigenvalue weighted by molar-refractivity contribution is -0.137. The number of hydrogen-bond acceptors (Lipinski definition) is 6. The molecule has 4 fully saturated rings. The minimum Gasteiger partial charge on any atom is -0.381 e. The van der Waals surface area contributed by atoms with Crippen molar-refractivity contribution in [2.75, 3.05) is 45.2 Å². The van der Waals surface area contributed by atoms with Gasteiger partial charge in [-0.2, -0.15) is 0 Å². The van der Waals surface area contributed by atoms with Crippen LogP contribution in [-0.4, -0.2) is 90.5 Å². The van der Waals surface area contributed by atoms with Crippen LogP contribution in [-0.2, 0) is 9.53 Å². The van der Waals surface area contributed by atoms with E-state index >= 15 is 0 Å². The molecule has 8 nitrogen and oxygen atoms in total. The quantitative estimate of drug-likeness (QED) is 0.506. The van der Waals surface area contributed by atoms with Gasteiger partial charge in [0.05, 0.1) is 24.3 Å². The number of piperidine rings is 1. The molecular weight excluding hydrogens is 492 g/mol. The highest BCUT2D eigenvalue weighted by molar-refractivity contribution is 5.98. The third-order valence-electron chi connectivity index (χ3n) is 8.37. The molecule has 2 atom stereocenters. The molecule has 10 heteroatoms. The molecule has 4 aliphatic rings. The predicted octanol–water partition coefficient (Wildman–Crippen LogP) is 3.49. The fraction of sp³-hybridized carbons (Fsp3) is 0.750. The third-order valence-corrected chi connectivity index (χ3v) is 8.37. The maximum atomic E-state index is 14.1.